The SMILES string of the molecule is CC(=O)CC(N)=O.Oc1ccccc1.Oc1ccccc1. The van der Waals surface area contributed by atoms with Crippen molar-refractivity contribution in [2.24, 2.45) is 5.73 Å². The van der Waals surface area contributed by atoms with Gasteiger partial charge in [0.1, 0.15) is 17.3 Å². The fraction of sp³-hybridized carbons (Fsp3) is 0.125. The third-order valence-corrected chi connectivity index (χ3v) is 1.94. The molecule has 4 N–H and O–H groups in total. The van der Waals surface area contributed by atoms with Crippen LogP contribution in [0.2, 0.25) is 0 Å². The number of carbonyl (C=O) groups is 2. The minimum absolute atomic E-state index is 0.139. The zero-order chi connectivity index (χ0) is 16.1. The van der Waals surface area contributed by atoms with Crippen molar-refractivity contribution in [1.82, 2.24) is 0 Å². The maximum Gasteiger partial charge on any atom is 0.224 e. The van der Waals surface area contributed by atoms with Crippen molar-refractivity contribution in [1.29, 1.82) is 0 Å². The molecule has 1 amide bonds. The second kappa shape index (κ2) is 11.0. The lowest BCUT2D eigenvalue weighted by atomic mass is 10.3. The van der Waals surface area contributed by atoms with Crippen LogP contribution in [0.4, 0.5) is 0 Å². The molecule has 0 fully saturated rings. The molecule has 0 aromatic heterocycles. The number of hydrogen-bond donors (Lipinski definition) is 3. The number of carbonyl (C=O) groups excluding carboxylic acids is 2. The van der Waals surface area contributed by atoms with Crippen molar-refractivity contribution in [3.05, 3.63) is 60.7 Å². The fourth-order valence-corrected chi connectivity index (χ4v) is 1.10. The lowest BCUT2D eigenvalue weighted by molar-refractivity contribution is -0.125. The van der Waals surface area contributed by atoms with Crippen LogP contribution >= 0.6 is 0 Å². The van der Waals surface area contributed by atoms with E-state index in [0.29, 0.717) is 11.5 Å². The Morgan fingerprint density at radius 1 is 0.857 bits per heavy atom. The highest BCUT2D eigenvalue weighted by Gasteiger charge is 1.95. The van der Waals surface area contributed by atoms with Gasteiger partial charge in [0.15, 0.2) is 0 Å². The molecule has 2 aromatic carbocycles. The lowest BCUT2D eigenvalue weighted by Crippen LogP contribution is -2.13. The molecule has 0 aliphatic rings. The van der Waals surface area contributed by atoms with Gasteiger partial charge in [0.05, 0.1) is 6.42 Å². The minimum atomic E-state index is -0.562. The van der Waals surface area contributed by atoms with E-state index in [0.717, 1.165) is 0 Å². The number of para-hydroxylation sites is 2. The smallest absolute Gasteiger partial charge is 0.224 e. The number of nitrogens with two attached hydrogens (primary N) is 1. The summed E-state index contributed by atoms with van der Waals surface area (Å²) in [7, 11) is 0. The van der Waals surface area contributed by atoms with Crippen LogP contribution in [-0.2, 0) is 9.59 Å². The molecule has 0 unspecified atom stereocenters. The second-order valence-corrected chi connectivity index (χ2v) is 4.02. The quantitative estimate of drug-likeness (QED) is 0.738. The van der Waals surface area contributed by atoms with E-state index in [1.165, 1.54) is 6.92 Å². The molecule has 0 saturated heterocycles. The van der Waals surface area contributed by atoms with E-state index in [4.69, 9.17) is 10.2 Å². The van der Waals surface area contributed by atoms with E-state index in [-0.39, 0.29) is 12.2 Å². The highest BCUT2D eigenvalue weighted by Crippen LogP contribution is 2.03. The average Bonchev–Trinajstić information content (AvgIpc) is 2.40. The van der Waals surface area contributed by atoms with Crippen LogP contribution in [-0.4, -0.2) is 21.9 Å². The summed E-state index contributed by atoms with van der Waals surface area (Å²) in [5, 5.41) is 17.3. The predicted molar refractivity (Wildman–Crippen MR) is 80.7 cm³/mol. The zero-order valence-electron chi connectivity index (χ0n) is 11.8. The van der Waals surface area contributed by atoms with Gasteiger partial charge in [0.25, 0.3) is 0 Å². The van der Waals surface area contributed by atoms with Crippen molar-refractivity contribution in [3.8, 4) is 11.5 Å². The van der Waals surface area contributed by atoms with Gasteiger partial charge in [-0.3, -0.25) is 9.59 Å². The number of aromatic hydroxyl groups is 2. The Morgan fingerprint density at radius 3 is 1.29 bits per heavy atom. The Hall–Kier alpha value is -2.82. The first-order chi connectivity index (χ1) is 9.91. The van der Waals surface area contributed by atoms with E-state index in [1.807, 2.05) is 12.1 Å². The van der Waals surface area contributed by atoms with Crippen LogP contribution in [0.3, 0.4) is 0 Å². The number of hydrogen-bond acceptors (Lipinski definition) is 4. The third kappa shape index (κ3) is 13.4. The minimum Gasteiger partial charge on any atom is -0.508 e. The number of primary amides is 1. The molecule has 2 rings (SSSR count). The Labute approximate surface area is 123 Å². The molecule has 0 bridgehead atoms. The number of ketones is 1. The third-order valence-electron chi connectivity index (χ3n) is 1.94. The van der Waals surface area contributed by atoms with Gasteiger partial charge in [-0.05, 0) is 31.2 Å². The molecule has 0 aliphatic heterocycles. The molecule has 0 atom stereocenters. The number of benzene rings is 2. The van der Waals surface area contributed by atoms with Crippen LogP contribution in [0, 0.1) is 0 Å². The number of amides is 1. The van der Waals surface area contributed by atoms with E-state index in [9.17, 15) is 9.59 Å². The molecular weight excluding hydrogens is 270 g/mol. The monoisotopic (exact) mass is 289 g/mol. The summed E-state index contributed by atoms with van der Waals surface area (Å²) in [6, 6.07) is 17.4. The summed E-state index contributed by atoms with van der Waals surface area (Å²) in [4.78, 5) is 19.8. The topological polar surface area (TPSA) is 101 Å². The molecular formula is C16H19NO4. The van der Waals surface area contributed by atoms with E-state index in [2.05, 4.69) is 5.73 Å². The van der Waals surface area contributed by atoms with E-state index in [1.54, 1.807) is 48.5 Å². The number of phenolic OH excluding ortho intramolecular Hbond substituents is 2. The molecule has 2 aromatic rings. The highest BCUT2D eigenvalue weighted by molar-refractivity contribution is 5.95. The van der Waals surface area contributed by atoms with Crippen LogP contribution in [0.1, 0.15) is 13.3 Å². The molecule has 0 radical (unpaired) electrons. The van der Waals surface area contributed by atoms with Crippen molar-refractivity contribution in [2.45, 2.75) is 13.3 Å². The molecule has 0 aliphatic carbocycles. The van der Waals surface area contributed by atoms with Crippen molar-refractivity contribution in [3.63, 3.8) is 0 Å². The summed E-state index contributed by atoms with van der Waals surface area (Å²) >= 11 is 0. The first-order valence-corrected chi connectivity index (χ1v) is 6.17. The Morgan fingerprint density at radius 2 is 1.19 bits per heavy atom. The molecule has 112 valence electrons. The maximum absolute atomic E-state index is 9.95. The first kappa shape index (κ1) is 18.2. The molecule has 5 nitrogen and oxygen atoms in total. The maximum atomic E-state index is 9.95. The van der Waals surface area contributed by atoms with Gasteiger partial charge in [-0.1, -0.05) is 36.4 Å². The van der Waals surface area contributed by atoms with E-state index < -0.39 is 5.91 Å². The summed E-state index contributed by atoms with van der Waals surface area (Å²) < 4.78 is 0. The normalized spacial score (nSPS) is 8.43. The second-order valence-electron chi connectivity index (χ2n) is 4.02. The summed E-state index contributed by atoms with van der Waals surface area (Å²) in [6.45, 7) is 1.32. The average molecular weight is 289 g/mol. The number of rotatable bonds is 2. The van der Waals surface area contributed by atoms with Gasteiger partial charge < -0.3 is 15.9 Å². The summed E-state index contributed by atoms with van der Waals surface area (Å²) in [6.07, 6.45) is -0.139. The van der Waals surface area contributed by atoms with Gasteiger partial charge in [0.2, 0.25) is 5.91 Å². The summed E-state index contributed by atoms with van der Waals surface area (Å²) in [5.41, 5.74) is 4.63. The van der Waals surface area contributed by atoms with Gasteiger partial charge in [-0.2, -0.15) is 0 Å². The Balaban J connectivity index is 0.000000286. The number of phenols is 2. The summed E-state index contributed by atoms with van der Waals surface area (Å²) in [5.74, 6) is -0.106. The lowest BCUT2D eigenvalue weighted by Gasteiger charge is -1.82. The highest BCUT2D eigenvalue weighted by atomic mass is 16.3. The van der Waals surface area contributed by atoms with Crippen LogP contribution in [0.15, 0.2) is 60.7 Å². The van der Waals surface area contributed by atoms with Gasteiger partial charge in [0, 0.05) is 0 Å². The molecule has 0 saturated carbocycles. The molecule has 0 spiro atoms. The number of Topliss-reactive ketones (excluding diaryl/α,β-unsaturated/α-hetero) is 1. The fourth-order valence-electron chi connectivity index (χ4n) is 1.10. The molecule has 5 heteroatoms. The standard InChI is InChI=1S/2C6H6O.C4H7NO2/c2*7-6-4-2-1-3-5-6;1-3(6)2-4(5)7/h2*1-5,7H;2H2,1H3,(H2,5,7). The molecule has 21 heavy (non-hydrogen) atoms. The van der Waals surface area contributed by atoms with Crippen molar-refractivity contribution < 1.29 is 19.8 Å². The van der Waals surface area contributed by atoms with Crippen molar-refractivity contribution in [2.75, 3.05) is 0 Å². The Bertz CT molecular complexity index is 477. The van der Waals surface area contributed by atoms with Crippen LogP contribution in [0.5, 0.6) is 11.5 Å². The zero-order valence-corrected chi connectivity index (χ0v) is 11.8. The van der Waals surface area contributed by atoms with Crippen molar-refractivity contribution >= 4 is 11.7 Å². The van der Waals surface area contributed by atoms with Crippen LogP contribution < -0.4 is 5.73 Å². The largest absolute Gasteiger partial charge is 0.508 e. The predicted octanol–water partition coefficient (Wildman–Crippen LogP) is 2.24. The van der Waals surface area contributed by atoms with Crippen LogP contribution in [0.25, 0.3) is 0 Å². The van der Waals surface area contributed by atoms with Gasteiger partial charge >= 0.3 is 0 Å². The molecule has 0 heterocycles. The first-order valence-electron chi connectivity index (χ1n) is 6.17. The van der Waals surface area contributed by atoms with Gasteiger partial charge in [-0.25, -0.2) is 0 Å². The van der Waals surface area contributed by atoms with Gasteiger partial charge in [-0.15, -0.1) is 0 Å². The van der Waals surface area contributed by atoms with E-state index >= 15 is 0 Å². The Kier molecular flexibility index (Phi) is 9.56.